The summed E-state index contributed by atoms with van der Waals surface area (Å²) >= 11 is 0. The van der Waals surface area contributed by atoms with Crippen LogP contribution in [0.1, 0.15) is 55.3 Å². The van der Waals surface area contributed by atoms with E-state index >= 15 is 0 Å². The van der Waals surface area contributed by atoms with E-state index in [0.29, 0.717) is 35.8 Å². The van der Waals surface area contributed by atoms with Gasteiger partial charge in [0.25, 0.3) is 0 Å². The quantitative estimate of drug-likeness (QED) is 0.680. The van der Waals surface area contributed by atoms with Gasteiger partial charge in [-0.1, -0.05) is 0 Å². The van der Waals surface area contributed by atoms with Gasteiger partial charge in [-0.15, -0.1) is 5.10 Å². The molecule has 158 valence electrons. The average Bonchev–Trinajstić information content (AvgIpc) is 3.14. The molecule has 1 aliphatic carbocycles. The molecule has 7 heteroatoms. The Morgan fingerprint density at radius 2 is 2.03 bits per heavy atom. The first-order valence-electron chi connectivity index (χ1n) is 10.5. The van der Waals surface area contributed by atoms with Crippen LogP contribution in [0, 0.1) is 19.8 Å². The molecule has 2 atom stereocenters. The minimum atomic E-state index is -1.07. The van der Waals surface area contributed by atoms with Gasteiger partial charge in [0.05, 0.1) is 41.4 Å². The Bertz CT molecular complexity index is 1050. The zero-order valence-corrected chi connectivity index (χ0v) is 17.8. The second-order valence-corrected chi connectivity index (χ2v) is 8.68. The minimum absolute atomic E-state index is 0.186. The number of hydrogen-bond donors (Lipinski definition) is 1. The van der Waals surface area contributed by atoms with Crippen molar-refractivity contribution in [3.05, 3.63) is 53.4 Å². The first kappa shape index (κ1) is 20.6. The number of pyridine rings is 1. The molecule has 0 aliphatic heterocycles. The number of rotatable bonds is 5. The third kappa shape index (κ3) is 4.41. The number of halogens is 1. The molecule has 30 heavy (non-hydrogen) atoms. The zero-order chi connectivity index (χ0) is 21.3. The van der Waals surface area contributed by atoms with E-state index in [0.717, 1.165) is 41.9 Å². The summed E-state index contributed by atoms with van der Waals surface area (Å²) in [4.78, 5) is 8.84. The van der Waals surface area contributed by atoms with Crippen molar-refractivity contribution in [1.82, 2.24) is 24.7 Å². The summed E-state index contributed by atoms with van der Waals surface area (Å²) in [6.07, 6.45) is 7.57. The highest BCUT2D eigenvalue weighted by atomic mass is 19.1. The van der Waals surface area contributed by atoms with E-state index in [1.54, 1.807) is 13.3 Å². The molecule has 0 radical (unpaired) electrons. The van der Waals surface area contributed by atoms with E-state index in [9.17, 15) is 9.50 Å². The Hall–Kier alpha value is -2.67. The summed E-state index contributed by atoms with van der Waals surface area (Å²) in [6, 6.07) is 5.76. The van der Waals surface area contributed by atoms with Crippen LogP contribution in [0.15, 0.2) is 30.7 Å². The van der Waals surface area contributed by atoms with Crippen LogP contribution < -0.4 is 0 Å². The van der Waals surface area contributed by atoms with Crippen molar-refractivity contribution in [1.29, 1.82) is 0 Å². The van der Waals surface area contributed by atoms with E-state index in [1.807, 2.05) is 42.8 Å². The zero-order valence-electron chi connectivity index (χ0n) is 17.8. The molecule has 3 aromatic rings. The highest BCUT2D eigenvalue weighted by molar-refractivity contribution is 5.57. The first-order valence-corrected chi connectivity index (χ1v) is 10.5. The summed E-state index contributed by atoms with van der Waals surface area (Å²) < 4.78 is 16.2. The van der Waals surface area contributed by atoms with Crippen molar-refractivity contribution in [2.45, 2.75) is 65.2 Å². The fraction of sp³-hybridized carbons (Fsp3) is 0.478. The molecule has 1 N–H and O–H groups in total. The van der Waals surface area contributed by atoms with Gasteiger partial charge in [-0.25, -0.2) is 14.4 Å². The van der Waals surface area contributed by atoms with Gasteiger partial charge in [0.15, 0.2) is 0 Å². The monoisotopic (exact) mass is 409 g/mol. The first-order chi connectivity index (χ1) is 14.3. The van der Waals surface area contributed by atoms with Crippen LogP contribution >= 0.6 is 0 Å². The molecular weight excluding hydrogens is 381 g/mol. The SMILES string of the molecule is Cc1cn(-c2ccc(-c3cc(C)c(CC4CCCC(C)(F)C4)nn3)nc2CO)cn1. The summed E-state index contributed by atoms with van der Waals surface area (Å²) in [5.41, 5.74) is 4.46. The van der Waals surface area contributed by atoms with Crippen LogP contribution in [0.4, 0.5) is 4.39 Å². The molecular formula is C23H28FN5O. The maximum Gasteiger partial charge on any atom is 0.112 e. The number of aromatic nitrogens is 5. The van der Waals surface area contributed by atoms with E-state index in [-0.39, 0.29) is 6.61 Å². The van der Waals surface area contributed by atoms with Gasteiger partial charge in [0.2, 0.25) is 0 Å². The van der Waals surface area contributed by atoms with Crippen LogP contribution in [0.2, 0.25) is 0 Å². The fourth-order valence-electron chi connectivity index (χ4n) is 4.39. The second-order valence-electron chi connectivity index (χ2n) is 8.68. The van der Waals surface area contributed by atoms with Crippen LogP contribution in [0.3, 0.4) is 0 Å². The number of aryl methyl sites for hydroxylation is 2. The van der Waals surface area contributed by atoms with Crippen LogP contribution in [-0.4, -0.2) is 35.5 Å². The van der Waals surface area contributed by atoms with Crippen molar-refractivity contribution in [2.75, 3.05) is 0 Å². The van der Waals surface area contributed by atoms with E-state index in [4.69, 9.17) is 0 Å². The normalized spacial score (nSPS) is 21.7. The lowest BCUT2D eigenvalue weighted by Crippen LogP contribution is -2.28. The predicted molar refractivity (Wildman–Crippen MR) is 113 cm³/mol. The molecule has 0 amide bonds. The summed E-state index contributed by atoms with van der Waals surface area (Å²) in [7, 11) is 0. The third-order valence-corrected chi connectivity index (χ3v) is 5.95. The largest absolute Gasteiger partial charge is 0.390 e. The lowest BCUT2D eigenvalue weighted by Gasteiger charge is -2.31. The molecule has 0 spiro atoms. The highest BCUT2D eigenvalue weighted by Crippen LogP contribution is 2.36. The van der Waals surface area contributed by atoms with E-state index in [1.165, 1.54) is 0 Å². The van der Waals surface area contributed by atoms with Gasteiger partial charge in [-0.3, -0.25) is 0 Å². The van der Waals surface area contributed by atoms with Crippen molar-refractivity contribution in [3.8, 4) is 17.1 Å². The Balaban J connectivity index is 1.56. The lowest BCUT2D eigenvalue weighted by molar-refractivity contribution is 0.0939. The number of aliphatic hydroxyl groups is 1. The fourth-order valence-corrected chi connectivity index (χ4v) is 4.39. The van der Waals surface area contributed by atoms with Crippen LogP contribution in [0.5, 0.6) is 0 Å². The number of nitrogens with zero attached hydrogens (tertiary/aromatic N) is 5. The number of alkyl halides is 1. The molecule has 3 aromatic heterocycles. The van der Waals surface area contributed by atoms with E-state index < -0.39 is 5.67 Å². The standard InChI is InChI=1S/C23H28FN5O/c1-15-9-20(28-27-19(15)10-17-5-4-8-23(3,24)11-17)18-6-7-22(21(13-30)26-18)29-12-16(2)25-14-29/h6-7,9,12,14,17,30H,4-5,8,10-11,13H2,1-3H3. The molecule has 0 saturated heterocycles. The maximum absolute atomic E-state index is 14.4. The molecule has 1 fully saturated rings. The summed E-state index contributed by atoms with van der Waals surface area (Å²) in [5.74, 6) is 0.310. The molecule has 3 heterocycles. The highest BCUT2D eigenvalue weighted by Gasteiger charge is 2.32. The predicted octanol–water partition coefficient (Wildman–Crippen LogP) is 4.29. The van der Waals surface area contributed by atoms with Gasteiger partial charge >= 0.3 is 0 Å². The average molecular weight is 410 g/mol. The molecule has 6 nitrogen and oxygen atoms in total. The van der Waals surface area contributed by atoms with Crippen molar-refractivity contribution >= 4 is 0 Å². The Kier molecular flexibility index (Phi) is 5.64. The van der Waals surface area contributed by atoms with Gasteiger partial charge in [0, 0.05) is 6.20 Å². The van der Waals surface area contributed by atoms with Crippen LogP contribution in [-0.2, 0) is 13.0 Å². The summed E-state index contributed by atoms with van der Waals surface area (Å²) in [6.45, 7) is 5.45. The molecule has 1 saturated carbocycles. The molecule has 1 aliphatic rings. The van der Waals surface area contributed by atoms with Crippen LogP contribution in [0.25, 0.3) is 17.1 Å². The van der Waals surface area contributed by atoms with Gasteiger partial charge < -0.3 is 9.67 Å². The molecule has 4 rings (SSSR count). The van der Waals surface area contributed by atoms with Gasteiger partial charge in [-0.05, 0) is 82.6 Å². The van der Waals surface area contributed by atoms with Gasteiger partial charge in [-0.2, -0.15) is 5.10 Å². The number of aliphatic hydroxyl groups excluding tert-OH is 1. The maximum atomic E-state index is 14.4. The number of hydrogen-bond acceptors (Lipinski definition) is 5. The lowest BCUT2D eigenvalue weighted by atomic mass is 9.78. The van der Waals surface area contributed by atoms with Crippen molar-refractivity contribution in [2.24, 2.45) is 5.92 Å². The van der Waals surface area contributed by atoms with Gasteiger partial charge in [0.1, 0.15) is 11.4 Å². The Morgan fingerprint density at radius 1 is 1.20 bits per heavy atom. The topological polar surface area (TPSA) is 76.7 Å². The Labute approximate surface area is 176 Å². The molecule has 0 bridgehead atoms. The third-order valence-electron chi connectivity index (χ3n) is 5.95. The number of imidazole rings is 1. The minimum Gasteiger partial charge on any atom is -0.390 e. The molecule has 2 unspecified atom stereocenters. The molecule has 0 aromatic carbocycles. The second kappa shape index (κ2) is 8.22. The Morgan fingerprint density at radius 3 is 2.70 bits per heavy atom. The smallest absolute Gasteiger partial charge is 0.112 e. The van der Waals surface area contributed by atoms with E-state index in [2.05, 4.69) is 20.2 Å². The van der Waals surface area contributed by atoms with Crippen molar-refractivity contribution in [3.63, 3.8) is 0 Å². The van der Waals surface area contributed by atoms with Crippen molar-refractivity contribution < 1.29 is 9.50 Å². The summed E-state index contributed by atoms with van der Waals surface area (Å²) in [5, 5.41) is 18.7.